The van der Waals surface area contributed by atoms with E-state index in [1.54, 1.807) is 0 Å². The van der Waals surface area contributed by atoms with Crippen LogP contribution >= 0.6 is 11.8 Å². The van der Waals surface area contributed by atoms with E-state index < -0.39 is 4.93 Å². The Morgan fingerprint density at radius 3 is 2.36 bits per heavy atom. The molecule has 1 aromatic rings. The fourth-order valence-electron chi connectivity index (χ4n) is 2.33. The van der Waals surface area contributed by atoms with Crippen molar-refractivity contribution in [2.45, 2.75) is 11.9 Å². The van der Waals surface area contributed by atoms with Gasteiger partial charge in [0.1, 0.15) is 29.4 Å². The average Bonchev–Trinajstić information content (AvgIpc) is 2.83. The molecule has 1 heterocycles. The van der Waals surface area contributed by atoms with Crippen molar-refractivity contribution in [3.8, 4) is 18.2 Å². The first-order chi connectivity index (χ1) is 10.6. The molecule has 0 saturated carbocycles. The smallest absolute Gasteiger partial charge is 0.211 e. The zero-order chi connectivity index (χ0) is 16.2. The normalized spacial score (nSPS) is 19.8. The van der Waals surface area contributed by atoms with Crippen molar-refractivity contribution >= 4 is 11.8 Å². The van der Waals surface area contributed by atoms with Gasteiger partial charge in [-0.15, -0.1) is 11.8 Å². The number of nitrogens with two attached hydrogens (primary N) is 1. The lowest BCUT2D eigenvalue weighted by Crippen LogP contribution is -2.26. The van der Waals surface area contributed by atoms with Crippen molar-refractivity contribution < 1.29 is 4.74 Å². The predicted molar refractivity (Wildman–Crippen MR) is 82.4 cm³/mol. The molecule has 0 unspecified atom stereocenters. The largest absolute Gasteiger partial charge is 0.452 e. The Kier molecular flexibility index (Phi) is 4.41. The van der Waals surface area contributed by atoms with Crippen LogP contribution in [0.15, 0.2) is 52.9 Å². The van der Waals surface area contributed by atoms with Crippen LogP contribution < -0.4 is 5.73 Å². The molecule has 1 aromatic carbocycles. The van der Waals surface area contributed by atoms with Crippen LogP contribution in [0, 0.1) is 34.0 Å². The van der Waals surface area contributed by atoms with Gasteiger partial charge in [0.15, 0.2) is 0 Å². The number of nitrogens with zero attached hydrogens (tertiary/aromatic N) is 3. The third kappa shape index (κ3) is 2.29. The third-order valence-electron chi connectivity index (χ3n) is 3.17. The summed E-state index contributed by atoms with van der Waals surface area (Å²) in [5.74, 6) is 0.583. The van der Waals surface area contributed by atoms with Crippen molar-refractivity contribution in [1.29, 1.82) is 15.8 Å². The minimum atomic E-state index is -1.15. The van der Waals surface area contributed by atoms with Gasteiger partial charge >= 0.3 is 0 Å². The van der Waals surface area contributed by atoms with Crippen molar-refractivity contribution in [1.82, 2.24) is 0 Å². The summed E-state index contributed by atoms with van der Waals surface area (Å²) in [6, 6.07) is 14.8. The molecular formula is C16H12N4OS. The zero-order valence-electron chi connectivity index (χ0n) is 11.8. The van der Waals surface area contributed by atoms with Crippen molar-refractivity contribution in [3.05, 3.63) is 58.5 Å². The maximum absolute atomic E-state index is 9.36. The first kappa shape index (κ1) is 15.5. The number of rotatable bonds is 3. The Morgan fingerprint density at radius 2 is 1.86 bits per heavy atom. The molecule has 108 valence electrons. The van der Waals surface area contributed by atoms with Gasteiger partial charge in [0.25, 0.3) is 0 Å². The lowest BCUT2D eigenvalue weighted by atomic mass is 9.93. The average molecular weight is 308 g/mol. The first-order valence-corrected chi connectivity index (χ1v) is 7.46. The summed E-state index contributed by atoms with van der Waals surface area (Å²) < 4.78 is 5.81. The molecule has 1 atom stereocenters. The van der Waals surface area contributed by atoms with E-state index in [0.29, 0.717) is 5.75 Å². The minimum absolute atomic E-state index is 0.0444. The standard InChI is InChI=1S/C16H12N4OS/c1-2-22-16(12-6-4-3-5-7-12)14(11(8-17)9-18)13(10-19)15(20)21-16/h3-7H,2,20H2,1H3/t16-/m0/s1. The Morgan fingerprint density at radius 1 is 1.23 bits per heavy atom. The Balaban J connectivity index is 2.82. The highest BCUT2D eigenvalue weighted by Crippen LogP contribution is 2.53. The molecule has 0 aliphatic carbocycles. The molecule has 2 N–H and O–H groups in total. The highest BCUT2D eigenvalue weighted by Gasteiger charge is 2.49. The van der Waals surface area contributed by atoms with Crippen LogP contribution in [0.4, 0.5) is 0 Å². The molecule has 0 spiro atoms. The van der Waals surface area contributed by atoms with Crippen LogP contribution in [0.2, 0.25) is 0 Å². The third-order valence-corrected chi connectivity index (χ3v) is 4.38. The van der Waals surface area contributed by atoms with Gasteiger partial charge in [-0.3, -0.25) is 0 Å². The van der Waals surface area contributed by atoms with Gasteiger partial charge in [0.05, 0.1) is 5.57 Å². The van der Waals surface area contributed by atoms with E-state index in [9.17, 15) is 15.8 Å². The van der Waals surface area contributed by atoms with Gasteiger partial charge in [-0.25, -0.2) is 0 Å². The number of thioether (sulfide) groups is 1. The molecule has 1 aliphatic rings. The summed E-state index contributed by atoms with van der Waals surface area (Å²) in [7, 11) is 0. The van der Waals surface area contributed by atoms with Crippen LogP contribution in [-0.2, 0) is 9.67 Å². The number of allylic oxidation sites excluding steroid dienone is 1. The number of ether oxygens (including phenoxy) is 1. The number of hydrogen-bond acceptors (Lipinski definition) is 6. The first-order valence-electron chi connectivity index (χ1n) is 6.48. The number of benzene rings is 1. The Labute approximate surface area is 132 Å². The summed E-state index contributed by atoms with van der Waals surface area (Å²) in [5, 5.41) is 27.9. The molecule has 22 heavy (non-hydrogen) atoms. The van der Waals surface area contributed by atoms with Crippen molar-refractivity contribution in [3.63, 3.8) is 0 Å². The number of hydrogen-bond donors (Lipinski definition) is 1. The van der Waals surface area contributed by atoms with Gasteiger partial charge in [0.2, 0.25) is 10.8 Å². The molecule has 6 heteroatoms. The highest BCUT2D eigenvalue weighted by atomic mass is 32.2. The summed E-state index contributed by atoms with van der Waals surface area (Å²) in [4.78, 5) is -1.15. The van der Waals surface area contributed by atoms with Gasteiger partial charge in [-0.1, -0.05) is 37.3 Å². The molecule has 0 saturated heterocycles. The molecular weight excluding hydrogens is 296 g/mol. The van der Waals surface area contributed by atoms with Crippen molar-refractivity contribution in [2.75, 3.05) is 5.75 Å². The van der Waals surface area contributed by atoms with E-state index >= 15 is 0 Å². The molecule has 0 aromatic heterocycles. The van der Waals surface area contributed by atoms with E-state index in [0.717, 1.165) is 5.56 Å². The van der Waals surface area contributed by atoms with E-state index in [1.807, 2.05) is 55.5 Å². The lowest BCUT2D eigenvalue weighted by molar-refractivity contribution is 0.134. The minimum Gasteiger partial charge on any atom is -0.452 e. The number of nitriles is 3. The van der Waals surface area contributed by atoms with Gasteiger partial charge in [-0.05, 0) is 5.75 Å². The van der Waals surface area contributed by atoms with Crippen LogP contribution in [0.5, 0.6) is 0 Å². The fraction of sp³-hybridized carbons (Fsp3) is 0.188. The zero-order valence-corrected chi connectivity index (χ0v) is 12.6. The van der Waals surface area contributed by atoms with E-state index in [2.05, 4.69) is 0 Å². The van der Waals surface area contributed by atoms with Gasteiger partial charge in [0, 0.05) is 5.56 Å². The van der Waals surface area contributed by atoms with Crippen LogP contribution in [0.1, 0.15) is 12.5 Å². The Hall–Kier alpha value is -2.88. The predicted octanol–water partition coefficient (Wildman–Crippen LogP) is 2.66. The molecule has 0 bridgehead atoms. The Bertz CT molecular complexity index is 761. The van der Waals surface area contributed by atoms with Gasteiger partial charge < -0.3 is 10.5 Å². The van der Waals surface area contributed by atoms with Crippen LogP contribution in [0.3, 0.4) is 0 Å². The molecule has 1 aliphatic heterocycles. The second-order valence-corrected chi connectivity index (χ2v) is 5.78. The molecule has 2 rings (SSSR count). The van der Waals surface area contributed by atoms with Crippen LogP contribution in [-0.4, -0.2) is 5.75 Å². The van der Waals surface area contributed by atoms with E-state index in [-0.39, 0.29) is 22.6 Å². The highest BCUT2D eigenvalue weighted by molar-refractivity contribution is 8.00. The fourth-order valence-corrected chi connectivity index (χ4v) is 3.54. The molecule has 0 radical (unpaired) electrons. The SMILES string of the molecule is CCS[C@]1(c2ccccc2)OC(N)=C(C#N)C1=C(C#N)C#N. The van der Waals surface area contributed by atoms with E-state index in [4.69, 9.17) is 10.5 Å². The maximum atomic E-state index is 9.36. The van der Waals surface area contributed by atoms with Crippen LogP contribution in [0.25, 0.3) is 0 Å². The molecule has 5 nitrogen and oxygen atoms in total. The summed E-state index contributed by atoms with van der Waals surface area (Å²) >= 11 is 1.37. The molecule has 0 amide bonds. The quantitative estimate of drug-likeness (QED) is 0.860. The second kappa shape index (κ2) is 6.26. The van der Waals surface area contributed by atoms with Crippen molar-refractivity contribution in [2.24, 2.45) is 5.73 Å². The second-order valence-electron chi connectivity index (χ2n) is 4.34. The topological polar surface area (TPSA) is 107 Å². The monoisotopic (exact) mass is 308 g/mol. The van der Waals surface area contributed by atoms with E-state index in [1.165, 1.54) is 11.8 Å². The van der Waals surface area contributed by atoms with Gasteiger partial charge in [-0.2, -0.15) is 15.8 Å². The molecule has 0 fully saturated rings. The summed E-state index contributed by atoms with van der Waals surface area (Å²) in [5.41, 5.74) is 6.68. The summed E-state index contributed by atoms with van der Waals surface area (Å²) in [6.07, 6.45) is 0. The lowest BCUT2D eigenvalue weighted by Gasteiger charge is -2.30. The maximum Gasteiger partial charge on any atom is 0.211 e. The summed E-state index contributed by atoms with van der Waals surface area (Å²) in [6.45, 7) is 1.93.